The molecule has 0 aromatic heterocycles. The Hall–Kier alpha value is -3.18. The lowest BCUT2D eigenvalue weighted by atomic mass is 10.0. The lowest BCUT2D eigenvalue weighted by Gasteiger charge is -2.30. The number of nitrogen functional groups attached to an aromatic ring is 2. The summed E-state index contributed by atoms with van der Waals surface area (Å²) in [5.74, 6) is -2.38. The number of carbonyl (C=O) groups excluding carboxylic acids is 2. The van der Waals surface area contributed by atoms with Gasteiger partial charge in [0.25, 0.3) is 5.91 Å². The Bertz CT molecular complexity index is 816. The van der Waals surface area contributed by atoms with Crippen LogP contribution in [-0.4, -0.2) is 56.7 Å². The van der Waals surface area contributed by atoms with Crippen LogP contribution in [-0.2, 0) is 9.59 Å². The topological polar surface area (TPSA) is 196 Å². The first kappa shape index (κ1) is 21.1. The summed E-state index contributed by atoms with van der Waals surface area (Å²) < 4.78 is 0. The van der Waals surface area contributed by atoms with Crippen LogP contribution in [0.1, 0.15) is 0 Å². The molecule has 0 fully saturated rings. The monoisotopic (exact) mass is 390 g/mol. The van der Waals surface area contributed by atoms with E-state index in [1.165, 1.54) is 24.3 Å². The van der Waals surface area contributed by atoms with Crippen molar-refractivity contribution in [1.82, 2.24) is 0 Å². The van der Waals surface area contributed by atoms with Crippen LogP contribution in [0, 0.1) is 0 Å². The van der Waals surface area contributed by atoms with Crippen molar-refractivity contribution in [2.24, 2.45) is 5.73 Å². The molecule has 0 aliphatic carbocycles. The summed E-state index contributed by atoms with van der Waals surface area (Å²) in [5.41, 5.74) is 17.6. The summed E-state index contributed by atoms with van der Waals surface area (Å²) in [4.78, 5) is 24.9. The molecule has 0 bridgehead atoms. The molecule has 0 radical (unpaired) electrons. The van der Waals surface area contributed by atoms with Crippen molar-refractivity contribution in [3.63, 3.8) is 0 Å². The van der Waals surface area contributed by atoms with Crippen LogP contribution < -0.4 is 22.1 Å². The van der Waals surface area contributed by atoms with E-state index in [9.17, 15) is 30.0 Å². The van der Waals surface area contributed by atoms with E-state index in [0.29, 0.717) is 11.4 Å². The molecule has 0 heterocycles. The summed E-state index contributed by atoms with van der Waals surface area (Å²) in [6.07, 6.45) is -8.75. The first-order valence-corrected chi connectivity index (χ1v) is 8.20. The number of nitrogens with zero attached hydrogens (tertiary/aromatic N) is 1. The quantitative estimate of drug-likeness (QED) is 0.276. The van der Waals surface area contributed by atoms with E-state index < -0.39 is 36.2 Å². The van der Waals surface area contributed by atoms with Crippen molar-refractivity contribution in [2.75, 3.05) is 16.4 Å². The van der Waals surface area contributed by atoms with E-state index in [4.69, 9.17) is 17.2 Å². The predicted octanol–water partition coefficient (Wildman–Crippen LogP) is -1.56. The Morgan fingerprint density at radius 3 is 1.61 bits per heavy atom. The van der Waals surface area contributed by atoms with Crippen LogP contribution >= 0.6 is 0 Å². The van der Waals surface area contributed by atoms with E-state index in [2.05, 4.69) is 0 Å². The van der Waals surface area contributed by atoms with Crippen LogP contribution in [0.4, 0.5) is 22.7 Å². The Labute approximate surface area is 160 Å². The minimum Gasteiger partial charge on any atom is -0.399 e. The highest BCUT2D eigenvalue weighted by atomic mass is 16.4. The van der Waals surface area contributed by atoms with E-state index in [-0.39, 0.29) is 11.4 Å². The molecule has 10 heteroatoms. The zero-order valence-corrected chi connectivity index (χ0v) is 14.7. The largest absolute Gasteiger partial charge is 0.399 e. The minimum atomic E-state index is -2.20. The average Bonchev–Trinajstić information content (AvgIpc) is 2.65. The molecule has 0 unspecified atom stereocenters. The Balaban J connectivity index is 2.42. The average molecular weight is 390 g/mol. The standard InChI is InChI=1S/C18H22N4O6/c19-9-3-1-5-11(7-9)22(12-6-2-4-10(20)8-12)18(28)16(26)14(24)13(23)15(25)17(21)27/h1-8,13-16,23-26H,19-20H2,(H2,21,27)/t13-,14+,15+,16-/m1/s1. The lowest BCUT2D eigenvalue weighted by molar-refractivity contribution is -0.152. The summed E-state index contributed by atoms with van der Waals surface area (Å²) in [7, 11) is 0. The van der Waals surface area contributed by atoms with Crippen LogP contribution in [0.25, 0.3) is 0 Å². The van der Waals surface area contributed by atoms with Gasteiger partial charge in [0.05, 0.1) is 11.4 Å². The fraction of sp³-hybridized carbons (Fsp3) is 0.222. The van der Waals surface area contributed by atoms with Crippen LogP contribution in [0.2, 0.25) is 0 Å². The van der Waals surface area contributed by atoms with Gasteiger partial charge in [0, 0.05) is 11.4 Å². The highest BCUT2D eigenvalue weighted by Gasteiger charge is 2.39. The third-order valence-corrected chi connectivity index (χ3v) is 4.02. The highest BCUT2D eigenvalue weighted by Crippen LogP contribution is 2.29. The van der Waals surface area contributed by atoms with Gasteiger partial charge in [0.15, 0.2) is 12.2 Å². The maximum atomic E-state index is 12.9. The molecule has 0 spiro atoms. The SMILES string of the molecule is NC(=O)[C@@H](O)[C@H](O)[C@H](O)[C@@H](O)C(=O)N(c1cccc(N)c1)c1cccc(N)c1. The molecular weight excluding hydrogens is 368 g/mol. The van der Waals surface area contributed by atoms with E-state index >= 15 is 0 Å². The highest BCUT2D eigenvalue weighted by molar-refractivity contribution is 6.04. The zero-order chi connectivity index (χ0) is 21.0. The third-order valence-electron chi connectivity index (χ3n) is 4.02. The number of aliphatic hydroxyl groups excluding tert-OH is 4. The first-order chi connectivity index (χ1) is 13.1. The molecule has 28 heavy (non-hydrogen) atoms. The fourth-order valence-corrected chi connectivity index (χ4v) is 2.55. The van der Waals surface area contributed by atoms with Gasteiger partial charge in [-0.25, -0.2) is 0 Å². The second-order valence-electron chi connectivity index (χ2n) is 6.14. The maximum absolute atomic E-state index is 12.9. The second-order valence-corrected chi connectivity index (χ2v) is 6.14. The van der Waals surface area contributed by atoms with Gasteiger partial charge in [0.2, 0.25) is 5.91 Å². The first-order valence-electron chi connectivity index (χ1n) is 8.20. The van der Waals surface area contributed by atoms with Gasteiger partial charge >= 0.3 is 0 Å². The molecule has 10 N–H and O–H groups in total. The maximum Gasteiger partial charge on any atom is 0.263 e. The fourth-order valence-electron chi connectivity index (χ4n) is 2.55. The molecule has 150 valence electrons. The number of nitrogens with two attached hydrogens (primary N) is 3. The van der Waals surface area contributed by atoms with Crippen LogP contribution in [0.5, 0.6) is 0 Å². The molecule has 2 aromatic rings. The number of hydrogen-bond acceptors (Lipinski definition) is 8. The van der Waals surface area contributed by atoms with Crippen molar-refractivity contribution in [2.45, 2.75) is 24.4 Å². The lowest BCUT2D eigenvalue weighted by Crippen LogP contribution is -2.54. The number of amides is 2. The van der Waals surface area contributed by atoms with Gasteiger partial charge < -0.3 is 37.6 Å². The molecule has 2 aromatic carbocycles. The van der Waals surface area contributed by atoms with Crippen LogP contribution in [0.15, 0.2) is 48.5 Å². The van der Waals surface area contributed by atoms with Gasteiger partial charge in [0.1, 0.15) is 12.2 Å². The molecule has 0 aliphatic rings. The molecule has 2 rings (SSSR count). The predicted molar refractivity (Wildman–Crippen MR) is 102 cm³/mol. The van der Waals surface area contributed by atoms with Crippen LogP contribution in [0.3, 0.4) is 0 Å². The molecule has 10 nitrogen and oxygen atoms in total. The van der Waals surface area contributed by atoms with E-state index in [1.807, 2.05) is 0 Å². The van der Waals surface area contributed by atoms with Crippen molar-refractivity contribution < 1.29 is 30.0 Å². The molecular formula is C18H22N4O6. The molecule has 0 saturated carbocycles. The van der Waals surface area contributed by atoms with Gasteiger partial charge in [-0.15, -0.1) is 0 Å². The number of anilines is 4. The number of benzene rings is 2. The van der Waals surface area contributed by atoms with E-state index in [0.717, 1.165) is 4.90 Å². The van der Waals surface area contributed by atoms with Gasteiger partial charge in [-0.1, -0.05) is 12.1 Å². The Kier molecular flexibility index (Phi) is 6.54. The number of carbonyl (C=O) groups is 2. The van der Waals surface area contributed by atoms with Crippen molar-refractivity contribution in [3.8, 4) is 0 Å². The van der Waals surface area contributed by atoms with Crippen molar-refractivity contribution in [3.05, 3.63) is 48.5 Å². The zero-order valence-electron chi connectivity index (χ0n) is 14.7. The molecule has 0 saturated heterocycles. The summed E-state index contributed by atoms with van der Waals surface area (Å²) in [6, 6.07) is 12.3. The summed E-state index contributed by atoms with van der Waals surface area (Å²) >= 11 is 0. The van der Waals surface area contributed by atoms with Gasteiger partial charge in [-0.2, -0.15) is 0 Å². The summed E-state index contributed by atoms with van der Waals surface area (Å²) in [5, 5.41) is 39.7. The third kappa shape index (κ3) is 4.56. The molecule has 2 amide bonds. The number of primary amides is 1. The molecule has 0 aliphatic heterocycles. The number of hydrogen-bond donors (Lipinski definition) is 7. The number of rotatable bonds is 7. The normalized spacial score (nSPS) is 15.3. The molecule has 4 atom stereocenters. The van der Waals surface area contributed by atoms with Crippen molar-refractivity contribution >= 4 is 34.6 Å². The van der Waals surface area contributed by atoms with Crippen molar-refractivity contribution in [1.29, 1.82) is 0 Å². The van der Waals surface area contributed by atoms with E-state index in [1.54, 1.807) is 24.3 Å². The number of aliphatic hydroxyl groups is 4. The second kappa shape index (κ2) is 8.67. The van der Waals surface area contributed by atoms with Gasteiger partial charge in [-0.3, -0.25) is 14.5 Å². The smallest absolute Gasteiger partial charge is 0.263 e. The minimum absolute atomic E-state index is 0.256. The Morgan fingerprint density at radius 1 is 0.786 bits per heavy atom. The summed E-state index contributed by atoms with van der Waals surface area (Å²) in [6.45, 7) is 0. The Morgan fingerprint density at radius 2 is 1.21 bits per heavy atom. The van der Waals surface area contributed by atoms with Gasteiger partial charge in [-0.05, 0) is 36.4 Å².